The van der Waals surface area contributed by atoms with Crippen molar-refractivity contribution in [2.24, 2.45) is 11.8 Å². The van der Waals surface area contributed by atoms with E-state index in [2.05, 4.69) is 13.8 Å². The van der Waals surface area contributed by atoms with Gasteiger partial charge in [0, 0.05) is 28.2 Å². The van der Waals surface area contributed by atoms with E-state index in [4.69, 9.17) is 33.2 Å². The number of carbonyl (C=O) groups is 1. The van der Waals surface area contributed by atoms with Gasteiger partial charge >= 0.3 is 5.97 Å². The maximum absolute atomic E-state index is 13.0. The largest absolute Gasteiger partial charge is 0.493 e. The van der Waals surface area contributed by atoms with Crippen LogP contribution in [-0.4, -0.2) is 41.2 Å². The summed E-state index contributed by atoms with van der Waals surface area (Å²) >= 11 is 0. The molecule has 36 heavy (non-hydrogen) atoms. The summed E-state index contributed by atoms with van der Waals surface area (Å²) in [6, 6.07) is 3.86. The van der Waals surface area contributed by atoms with Gasteiger partial charge in [0.25, 0.3) is 0 Å². The van der Waals surface area contributed by atoms with Crippen molar-refractivity contribution in [3.63, 3.8) is 0 Å². The summed E-state index contributed by atoms with van der Waals surface area (Å²) in [7, 11) is 6.35. The molecule has 8 nitrogen and oxygen atoms in total. The number of rotatable bonds is 6. The smallest absolute Gasteiger partial charge is 0.333 e. The van der Waals surface area contributed by atoms with Gasteiger partial charge in [-0.1, -0.05) is 19.9 Å². The van der Waals surface area contributed by atoms with Crippen LogP contribution in [0.25, 0.3) is 11.1 Å². The summed E-state index contributed by atoms with van der Waals surface area (Å²) in [5.74, 6) is 2.79. The van der Waals surface area contributed by atoms with Gasteiger partial charge in [0.05, 0.1) is 28.4 Å². The molecule has 0 unspecified atom stereocenters. The molecule has 3 atom stereocenters. The van der Waals surface area contributed by atoms with E-state index in [1.54, 1.807) is 41.4 Å². The molecule has 2 aliphatic rings. The molecule has 1 aliphatic carbocycles. The number of carbonyl (C=O) groups excluding carboxylic acids is 1. The monoisotopic (exact) mass is 498 g/mol. The lowest BCUT2D eigenvalue weighted by atomic mass is 9.75. The maximum atomic E-state index is 13.0. The van der Waals surface area contributed by atoms with Gasteiger partial charge in [0.15, 0.2) is 23.0 Å². The Hall–Kier alpha value is -3.55. The second kappa shape index (κ2) is 10.2. The highest BCUT2D eigenvalue weighted by Crippen LogP contribution is 2.58. The molecule has 0 amide bonds. The molecule has 4 rings (SSSR count). The fourth-order valence-corrected chi connectivity index (χ4v) is 4.96. The minimum absolute atomic E-state index is 0.0327. The molecule has 0 fully saturated rings. The molecule has 0 bridgehead atoms. The van der Waals surface area contributed by atoms with Crippen LogP contribution in [-0.2, 0) is 16.0 Å². The summed E-state index contributed by atoms with van der Waals surface area (Å²) in [5.41, 5.74) is 3.78. The third-order valence-electron chi connectivity index (χ3n) is 7.23. The highest BCUT2D eigenvalue weighted by molar-refractivity contribution is 5.90. The van der Waals surface area contributed by atoms with E-state index >= 15 is 0 Å². The topological polar surface area (TPSA) is 81.7 Å². The summed E-state index contributed by atoms with van der Waals surface area (Å²) in [5, 5.41) is 0. The Kier molecular flexibility index (Phi) is 7.24. The van der Waals surface area contributed by atoms with Crippen molar-refractivity contribution < 1.29 is 38.0 Å². The minimum Gasteiger partial charge on any atom is -0.493 e. The molecule has 2 aromatic rings. The Morgan fingerprint density at radius 3 is 2.25 bits per heavy atom. The van der Waals surface area contributed by atoms with Crippen LogP contribution in [0, 0.1) is 11.8 Å². The van der Waals surface area contributed by atoms with Crippen molar-refractivity contribution in [1.82, 2.24) is 0 Å². The van der Waals surface area contributed by atoms with E-state index in [0.29, 0.717) is 52.1 Å². The average molecular weight is 499 g/mol. The van der Waals surface area contributed by atoms with Crippen molar-refractivity contribution in [3.05, 3.63) is 34.9 Å². The van der Waals surface area contributed by atoms with E-state index in [1.807, 2.05) is 19.1 Å². The zero-order valence-corrected chi connectivity index (χ0v) is 22.1. The lowest BCUT2D eigenvalue weighted by Crippen LogP contribution is -2.27. The molecular formula is C28H34O8. The van der Waals surface area contributed by atoms with Crippen LogP contribution in [0.3, 0.4) is 0 Å². The normalized spacial score (nSPS) is 20.4. The molecular weight excluding hydrogens is 464 g/mol. The number of fused-ring (bicyclic) bond motifs is 4. The first-order chi connectivity index (χ1) is 17.3. The second-order valence-electron chi connectivity index (χ2n) is 9.13. The van der Waals surface area contributed by atoms with Crippen molar-refractivity contribution in [2.75, 3.05) is 35.2 Å². The van der Waals surface area contributed by atoms with Gasteiger partial charge in [0.2, 0.25) is 18.3 Å². The van der Waals surface area contributed by atoms with Gasteiger partial charge in [0.1, 0.15) is 6.10 Å². The summed E-state index contributed by atoms with van der Waals surface area (Å²) in [6.07, 6.45) is 1.85. The number of hydrogen-bond donors (Lipinski definition) is 0. The second-order valence-corrected chi connectivity index (χ2v) is 9.13. The maximum Gasteiger partial charge on any atom is 0.333 e. The van der Waals surface area contributed by atoms with Gasteiger partial charge in [-0.15, -0.1) is 0 Å². The van der Waals surface area contributed by atoms with Gasteiger partial charge in [-0.2, -0.15) is 0 Å². The molecule has 0 N–H and O–H groups in total. The Morgan fingerprint density at radius 2 is 1.64 bits per heavy atom. The van der Waals surface area contributed by atoms with Crippen LogP contribution in [0.2, 0.25) is 0 Å². The Bertz CT molecular complexity index is 1200. The summed E-state index contributed by atoms with van der Waals surface area (Å²) < 4.78 is 41.0. The first-order valence-electron chi connectivity index (χ1n) is 12.0. The first kappa shape index (κ1) is 25.5. The number of ether oxygens (including phenoxy) is 7. The van der Waals surface area contributed by atoms with Crippen molar-refractivity contribution in [2.45, 2.75) is 40.2 Å². The predicted molar refractivity (Wildman–Crippen MR) is 135 cm³/mol. The van der Waals surface area contributed by atoms with Crippen LogP contribution < -0.4 is 28.4 Å². The standard InChI is InChI=1S/C28H34O8/c1-9-14(2)28(29)36-23-16(4)15(3)10-17-11-19(30-5)24(31-6)26(32-7)21(17)22-18(23)12-20-25(27(22)33-8)35-13-34-20/h9,11-12,15-16,23H,10,13H2,1-8H3/b14-9+/t15-,16-,23-/m1/s1. The fourth-order valence-electron chi connectivity index (χ4n) is 4.96. The van der Waals surface area contributed by atoms with Crippen LogP contribution in [0.15, 0.2) is 23.8 Å². The van der Waals surface area contributed by atoms with Crippen molar-refractivity contribution in [3.8, 4) is 45.6 Å². The van der Waals surface area contributed by atoms with Crippen molar-refractivity contribution >= 4 is 5.97 Å². The number of esters is 1. The van der Waals surface area contributed by atoms with Gasteiger partial charge in [-0.25, -0.2) is 4.79 Å². The fraction of sp³-hybridized carbons (Fsp3) is 0.464. The molecule has 0 radical (unpaired) electrons. The van der Waals surface area contributed by atoms with Crippen LogP contribution in [0.1, 0.15) is 44.9 Å². The third-order valence-corrected chi connectivity index (χ3v) is 7.23. The molecule has 8 heteroatoms. The van der Waals surface area contributed by atoms with Crippen LogP contribution in [0.4, 0.5) is 0 Å². The molecule has 2 aromatic carbocycles. The molecule has 194 valence electrons. The first-order valence-corrected chi connectivity index (χ1v) is 12.0. The predicted octanol–water partition coefficient (Wildman–Crippen LogP) is 5.50. The molecule has 0 saturated heterocycles. The highest BCUT2D eigenvalue weighted by Gasteiger charge is 2.40. The molecule has 1 heterocycles. The van der Waals surface area contributed by atoms with E-state index < -0.39 is 6.10 Å². The van der Waals surface area contributed by atoms with Gasteiger partial charge in [-0.3, -0.25) is 0 Å². The quantitative estimate of drug-likeness (QED) is 0.382. The van der Waals surface area contributed by atoms with Crippen LogP contribution in [0.5, 0.6) is 34.5 Å². The zero-order valence-electron chi connectivity index (χ0n) is 22.1. The highest BCUT2D eigenvalue weighted by atomic mass is 16.7. The third kappa shape index (κ3) is 4.08. The van der Waals surface area contributed by atoms with E-state index in [-0.39, 0.29) is 24.6 Å². The Morgan fingerprint density at radius 1 is 0.944 bits per heavy atom. The van der Waals surface area contributed by atoms with Crippen LogP contribution >= 0.6 is 0 Å². The number of allylic oxidation sites excluding steroid dienone is 1. The summed E-state index contributed by atoms with van der Waals surface area (Å²) in [6.45, 7) is 7.87. The molecule has 1 aliphatic heterocycles. The molecule has 0 spiro atoms. The minimum atomic E-state index is -0.577. The SMILES string of the molecule is C/C=C(\C)C(=O)O[C@H]1c2cc3c(c(OC)c2-c2c(cc(OC)c(OC)c2OC)C[C@@H](C)[C@H]1C)OCO3. The lowest BCUT2D eigenvalue weighted by Gasteiger charge is -2.35. The zero-order chi connectivity index (χ0) is 26.1. The Balaban J connectivity index is 2.12. The van der Waals surface area contributed by atoms with Gasteiger partial charge < -0.3 is 33.2 Å². The molecule has 0 aromatic heterocycles. The number of benzene rings is 2. The van der Waals surface area contributed by atoms with E-state index in [1.165, 1.54) is 0 Å². The summed E-state index contributed by atoms with van der Waals surface area (Å²) in [4.78, 5) is 13.0. The number of hydrogen-bond acceptors (Lipinski definition) is 8. The number of methoxy groups -OCH3 is 4. The van der Waals surface area contributed by atoms with Gasteiger partial charge in [-0.05, 0) is 43.9 Å². The van der Waals surface area contributed by atoms with Crippen molar-refractivity contribution in [1.29, 1.82) is 0 Å². The van der Waals surface area contributed by atoms with E-state index in [0.717, 1.165) is 16.7 Å². The van der Waals surface area contributed by atoms with E-state index in [9.17, 15) is 4.79 Å². The molecule has 0 saturated carbocycles. The lowest BCUT2D eigenvalue weighted by molar-refractivity contribution is -0.148. The Labute approximate surface area is 212 Å². The average Bonchev–Trinajstić information content (AvgIpc) is 3.36.